The molecule has 0 aromatic heterocycles. The Morgan fingerprint density at radius 1 is 1.25 bits per heavy atom. The molecule has 0 spiro atoms. The SMILES string of the molecule is CC(=O)c1ccc(C#N)cc1NCC(=O)N1CCc2ccccc21. The Bertz CT molecular complexity index is 852. The van der Waals surface area contributed by atoms with E-state index >= 15 is 0 Å². The number of benzene rings is 2. The lowest BCUT2D eigenvalue weighted by molar-refractivity contribution is -0.116. The van der Waals surface area contributed by atoms with Crippen LogP contribution in [0, 0.1) is 11.3 Å². The number of nitrogens with zero attached hydrogens (tertiary/aromatic N) is 2. The Hall–Kier alpha value is -3.13. The lowest BCUT2D eigenvalue weighted by Crippen LogP contribution is -2.34. The summed E-state index contributed by atoms with van der Waals surface area (Å²) in [5.41, 5.74) is 3.55. The first-order valence-corrected chi connectivity index (χ1v) is 7.77. The van der Waals surface area contributed by atoms with Gasteiger partial charge in [0.1, 0.15) is 0 Å². The minimum Gasteiger partial charge on any atom is -0.376 e. The number of amides is 1. The van der Waals surface area contributed by atoms with E-state index in [4.69, 9.17) is 5.26 Å². The van der Waals surface area contributed by atoms with Crippen LogP contribution in [0.4, 0.5) is 11.4 Å². The van der Waals surface area contributed by atoms with Crippen LogP contribution in [-0.2, 0) is 11.2 Å². The first-order valence-electron chi connectivity index (χ1n) is 7.77. The van der Waals surface area contributed by atoms with E-state index in [0.29, 0.717) is 23.4 Å². The third-order valence-electron chi connectivity index (χ3n) is 4.15. The predicted octanol–water partition coefficient (Wildman–Crippen LogP) is 2.76. The molecular formula is C19H17N3O2. The second-order valence-corrected chi connectivity index (χ2v) is 5.71. The van der Waals surface area contributed by atoms with Crippen molar-refractivity contribution >= 4 is 23.1 Å². The van der Waals surface area contributed by atoms with Crippen LogP contribution in [-0.4, -0.2) is 24.8 Å². The van der Waals surface area contributed by atoms with Gasteiger partial charge in [-0.05, 0) is 43.2 Å². The summed E-state index contributed by atoms with van der Waals surface area (Å²) < 4.78 is 0. The highest BCUT2D eigenvalue weighted by molar-refractivity contribution is 6.02. The fourth-order valence-corrected chi connectivity index (χ4v) is 2.93. The number of rotatable bonds is 4. The van der Waals surface area contributed by atoms with Crippen LogP contribution in [0.25, 0.3) is 0 Å². The molecule has 0 bridgehead atoms. The van der Waals surface area contributed by atoms with Gasteiger partial charge in [0.25, 0.3) is 0 Å². The zero-order valence-electron chi connectivity index (χ0n) is 13.4. The largest absolute Gasteiger partial charge is 0.376 e. The average molecular weight is 319 g/mol. The Morgan fingerprint density at radius 3 is 2.79 bits per heavy atom. The number of carbonyl (C=O) groups excluding carboxylic acids is 2. The summed E-state index contributed by atoms with van der Waals surface area (Å²) in [5, 5.41) is 12.0. The maximum atomic E-state index is 12.5. The third kappa shape index (κ3) is 2.99. The summed E-state index contributed by atoms with van der Waals surface area (Å²) in [6.07, 6.45) is 0.852. The normalized spacial score (nSPS) is 12.4. The summed E-state index contributed by atoms with van der Waals surface area (Å²) in [7, 11) is 0. The van der Waals surface area contributed by atoms with Crippen LogP contribution in [0.5, 0.6) is 0 Å². The molecule has 1 amide bonds. The van der Waals surface area contributed by atoms with Crippen molar-refractivity contribution in [1.82, 2.24) is 0 Å². The van der Waals surface area contributed by atoms with Gasteiger partial charge in [-0.3, -0.25) is 9.59 Å². The van der Waals surface area contributed by atoms with E-state index in [0.717, 1.165) is 12.1 Å². The highest BCUT2D eigenvalue weighted by Crippen LogP contribution is 2.27. The molecule has 1 N–H and O–H groups in total. The molecule has 5 nitrogen and oxygen atoms in total. The number of nitriles is 1. The van der Waals surface area contributed by atoms with Gasteiger partial charge in [-0.1, -0.05) is 18.2 Å². The van der Waals surface area contributed by atoms with Crippen molar-refractivity contribution in [2.24, 2.45) is 0 Å². The first-order chi connectivity index (χ1) is 11.6. The Balaban J connectivity index is 1.76. The molecule has 3 rings (SSSR count). The molecule has 0 aliphatic carbocycles. The van der Waals surface area contributed by atoms with Gasteiger partial charge in [0.15, 0.2) is 5.78 Å². The topological polar surface area (TPSA) is 73.2 Å². The highest BCUT2D eigenvalue weighted by atomic mass is 16.2. The number of nitrogens with one attached hydrogen (secondary N) is 1. The minimum atomic E-state index is -0.110. The van der Waals surface area contributed by atoms with Crippen molar-refractivity contribution in [3.63, 3.8) is 0 Å². The number of hydrogen-bond donors (Lipinski definition) is 1. The fraction of sp³-hybridized carbons (Fsp3) is 0.211. The zero-order chi connectivity index (χ0) is 17.1. The monoisotopic (exact) mass is 319 g/mol. The summed E-state index contributed by atoms with van der Waals surface area (Å²) in [4.78, 5) is 26.0. The first kappa shape index (κ1) is 15.8. The molecule has 1 aliphatic rings. The van der Waals surface area contributed by atoms with Crippen molar-refractivity contribution in [2.75, 3.05) is 23.3 Å². The Morgan fingerprint density at radius 2 is 2.04 bits per heavy atom. The van der Waals surface area contributed by atoms with Gasteiger partial charge in [-0.25, -0.2) is 0 Å². The second-order valence-electron chi connectivity index (χ2n) is 5.71. The second kappa shape index (κ2) is 6.55. The Labute approximate surface area is 140 Å². The smallest absolute Gasteiger partial charge is 0.246 e. The van der Waals surface area contributed by atoms with Crippen LogP contribution in [0.2, 0.25) is 0 Å². The number of anilines is 2. The maximum absolute atomic E-state index is 12.5. The maximum Gasteiger partial charge on any atom is 0.246 e. The van der Waals surface area contributed by atoms with E-state index in [1.807, 2.05) is 30.3 Å². The lowest BCUT2D eigenvalue weighted by Gasteiger charge is -2.18. The number of carbonyl (C=O) groups is 2. The molecule has 0 fully saturated rings. The molecule has 0 unspecified atom stereocenters. The van der Waals surface area contributed by atoms with Crippen molar-refractivity contribution < 1.29 is 9.59 Å². The van der Waals surface area contributed by atoms with Gasteiger partial charge in [0, 0.05) is 23.5 Å². The van der Waals surface area contributed by atoms with Gasteiger partial charge < -0.3 is 10.2 Å². The van der Waals surface area contributed by atoms with Gasteiger partial charge in [0.2, 0.25) is 5.91 Å². The zero-order valence-corrected chi connectivity index (χ0v) is 13.4. The average Bonchev–Trinajstić information content (AvgIpc) is 3.03. The van der Waals surface area contributed by atoms with Crippen molar-refractivity contribution in [3.05, 3.63) is 59.2 Å². The van der Waals surface area contributed by atoms with Crippen molar-refractivity contribution in [2.45, 2.75) is 13.3 Å². The molecule has 1 heterocycles. The van der Waals surface area contributed by atoms with Crippen LogP contribution >= 0.6 is 0 Å². The molecular weight excluding hydrogens is 302 g/mol. The molecule has 2 aromatic rings. The summed E-state index contributed by atoms with van der Waals surface area (Å²) in [6.45, 7) is 2.20. The third-order valence-corrected chi connectivity index (χ3v) is 4.15. The molecule has 1 aliphatic heterocycles. The van der Waals surface area contributed by atoms with E-state index in [9.17, 15) is 9.59 Å². The summed E-state index contributed by atoms with van der Waals surface area (Å²) in [5.74, 6) is -0.169. The highest BCUT2D eigenvalue weighted by Gasteiger charge is 2.24. The molecule has 2 aromatic carbocycles. The van der Waals surface area contributed by atoms with E-state index in [1.165, 1.54) is 12.5 Å². The molecule has 0 saturated carbocycles. The van der Waals surface area contributed by atoms with E-state index < -0.39 is 0 Å². The number of Topliss-reactive ketones (excluding diaryl/α,β-unsaturated/α-hetero) is 1. The van der Waals surface area contributed by atoms with Crippen molar-refractivity contribution in [1.29, 1.82) is 5.26 Å². The van der Waals surface area contributed by atoms with Gasteiger partial charge in [-0.15, -0.1) is 0 Å². The number of para-hydroxylation sites is 1. The molecule has 120 valence electrons. The van der Waals surface area contributed by atoms with Gasteiger partial charge >= 0.3 is 0 Å². The quantitative estimate of drug-likeness (QED) is 0.880. The molecule has 24 heavy (non-hydrogen) atoms. The summed E-state index contributed by atoms with van der Waals surface area (Å²) in [6, 6.07) is 14.7. The van der Waals surface area contributed by atoms with Crippen LogP contribution < -0.4 is 10.2 Å². The van der Waals surface area contributed by atoms with E-state index in [1.54, 1.807) is 23.1 Å². The van der Waals surface area contributed by atoms with Gasteiger partial charge in [0.05, 0.1) is 18.2 Å². The number of ketones is 1. The van der Waals surface area contributed by atoms with E-state index in [2.05, 4.69) is 5.32 Å². The number of fused-ring (bicyclic) bond motifs is 1. The standard InChI is InChI=1S/C19H17N3O2/c1-13(23)16-7-6-14(11-20)10-17(16)21-12-19(24)22-9-8-15-4-2-3-5-18(15)22/h2-7,10,21H,8-9,12H2,1H3. The predicted molar refractivity (Wildman–Crippen MR) is 92.2 cm³/mol. The minimum absolute atomic E-state index is 0.0585. The van der Waals surface area contributed by atoms with Gasteiger partial charge in [-0.2, -0.15) is 5.26 Å². The lowest BCUT2D eigenvalue weighted by atomic mass is 10.1. The molecule has 0 atom stereocenters. The van der Waals surface area contributed by atoms with E-state index in [-0.39, 0.29) is 18.2 Å². The molecule has 0 saturated heterocycles. The Kier molecular flexibility index (Phi) is 4.30. The molecule has 5 heteroatoms. The fourth-order valence-electron chi connectivity index (χ4n) is 2.93. The van der Waals surface area contributed by atoms with Crippen molar-refractivity contribution in [3.8, 4) is 6.07 Å². The van der Waals surface area contributed by atoms with Crippen LogP contribution in [0.3, 0.4) is 0 Å². The summed E-state index contributed by atoms with van der Waals surface area (Å²) >= 11 is 0. The molecule has 0 radical (unpaired) electrons. The van der Waals surface area contributed by atoms with Crippen LogP contribution in [0.15, 0.2) is 42.5 Å². The number of hydrogen-bond acceptors (Lipinski definition) is 4. The van der Waals surface area contributed by atoms with Crippen LogP contribution in [0.1, 0.15) is 28.4 Å².